The monoisotopic (exact) mass is 219 g/mol. The summed E-state index contributed by atoms with van der Waals surface area (Å²) in [6.45, 7) is 4.87. The maximum Gasteiger partial charge on any atom is 0.323 e. The van der Waals surface area contributed by atoms with E-state index in [0.717, 1.165) is 0 Å². The molecule has 82 valence electrons. The molecule has 4 nitrogen and oxygen atoms in total. The maximum atomic E-state index is 11.1. The van der Waals surface area contributed by atoms with Gasteiger partial charge >= 0.3 is 5.97 Å². The molecule has 1 aliphatic rings. The highest BCUT2D eigenvalue weighted by Gasteiger charge is 2.38. The molecule has 1 heterocycles. The lowest BCUT2D eigenvalue weighted by Crippen LogP contribution is -2.56. The first kappa shape index (κ1) is 11.7. The fourth-order valence-corrected chi connectivity index (χ4v) is 2.69. The van der Waals surface area contributed by atoms with E-state index in [-0.39, 0.29) is 0 Å². The molecule has 0 radical (unpaired) electrons. The first-order chi connectivity index (χ1) is 6.50. The minimum atomic E-state index is -0.787. The molecule has 1 fully saturated rings. The first-order valence-corrected chi connectivity index (χ1v) is 6.33. The van der Waals surface area contributed by atoms with Crippen LogP contribution in [0.25, 0.3) is 0 Å². The summed E-state index contributed by atoms with van der Waals surface area (Å²) in [4.78, 5) is 13.0. The summed E-state index contributed by atoms with van der Waals surface area (Å²) < 4.78 is 11.1. The fraction of sp³-hybridized carbons (Fsp3) is 0.889. The molecule has 0 saturated carbocycles. The Kier molecular flexibility index (Phi) is 3.66. The van der Waals surface area contributed by atoms with Crippen LogP contribution in [0.2, 0.25) is 0 Å². The molecule has 1 saturated heterocycles. The second-order valence-corrected chi connectivity index (χ2v) is 5.46. The molecule has 1 atom stereocenters. The van der Waals surface area contributed by atoms with Crippen LogP contribution in [-0.4, -0.2) is 50.3 Å². The zero-order valence-corrected chi connectivity index (χ0v) is 9.47. The highest BCUT2D eigenvalue weighted by Crippen LogP contribution is 2.21. The average molecular weight is 219 g/mol. The number of aliphatic carboxylic acids is 1. The Morgan fingerprint density at radius 2 is 2.00 bits per heavy atom. The van der Waals surface area contributed by atoms with Gasteiger partial charge in [0.1, 0.15) is 5.54 Å². The Morgan fingerprint density at radius 1 is 1.50 bits per heavy atom. The molecule has 0 aromatic carbocycles. The minimum absolute atomic E-state index is 0.578. The number of carbonyl (C=O) groups is 1. The quantitative estimate of drug-likeness (QED) is 0.742. The SMILES string of the molecule is CCC(C)(C(=O)O)N1CCS(=O)CC1. The normalized spacial score (nSPS) is 24.4. The van der Waals surface area contributed by atoms with Gasteiger partial charge in [0.15, 0.2) is 0 Å². The van der Waals surface area contributed by atoms with Crippen molar-refractivity contribution in [2.24, 2.45) is 0 Å². The van der Waals surface area contributed by atoms with Gasteiger partial charge in [-0.15, -0.1) is 0 Å². The predicted octanol–water partition coefficient (Wildman–Crippen LogP) is 0.304. The molecular formula is C9H17NO3S. The molecule has 0 aliphatic carbocycles. The second kappa shape index (κ2) is 4.40. The van der Waals surface area contributed by atoms with Crippen molar-refractivity contribution in [2.75, 3.05) is 24.6 Å². The number of nitrogens with zero attached hydrogens (tertiary/aromatic N) is 1. The Bertz CT molecular complexity index is 246. The summed E-state index contributed by atoms with van der Waals surface area (Å²) in [7, 11) is -0.746. The van der Waals surface area contributed by atoms with Crippen LogP contribution in [0.3, 0.4) is 0 Å². The van der Waals surface area contributed by atoms with Gasteiger partial charge in [-0.3, -0.25) is 13.9 Å². The molecule has 14 heavy (non-hydrogen) atoms. The lowest BCUT2D eigenvalue weighted by molar-refractivity contribution is -0.150. The van der Waals surface area contributed by atoms with E-state index in [2.05, 4.69) is 0 Å². The number of hydrogen-bond acceptors (Lipinski definition) is 3. The molecule has 0 amide bonds. The molecule has 1 rings (SSSR count). The van der Waals surface area contributed by atoms with Crippen LogP contribution in [0.15, 0.2) is 0 Å². The summed E-state index contributed by atoms with van der Waals surface area (Å²) in [6.07, 6.45) is 0.578. The van der Waals surface area contributed by atoms with Crippen molar-refractivity contribution in [1.82, 2.24) is 4.90 Å². The van der Waals surface area contributed by atoms with Crippen molar-refractivity contribution in [3.8, 4) is 0 Å². The third-order valence-corrected chi connectivity index (χ3v) is 4.30. The third-order valence-electron chi connectivity index (χ3n) is 3.02. The molecule has 1 unspecified atom stereocenters. The number of rotatable bonds is 3. The van der Waals surface area contributed by atoms with Gasteiger partial charge in [-0.05, 0) is 13.3 Å². The van der Waals surface area contributed by atoms with Gasteiger partial charge in [0.05, 0.1) is 0 Å². The van der Waals surface area contributed by atoms with Gasteiger partial charge in [-0.25, -0.2) is 0 Å². The molecule has 0 aromatic heterocycles. The van der Waals surface area contributed by atoms with Crippen LogP contribution in [0.1, 0.15) is 20.3 Å². The van der Waals surface area contributed by atoms with Crippen molar-refractivity contribution in [3.05, 3.63) is 0 Å². The Morgan fingerprint density at radius 3 is 2.36 bits per heavy atom. The lowest BCUT2D eigenvalue weighted by atomic mass is 9.96. The van der Waals surface area contributed by atoms with Gasteiger partial charge in [-0.1, -0.05) is 6.92 Å². The number of carboxylic acids is 1. The van der Waals surface area contributed by atoms with E-state index in [1.54, 1.807) is 6.92 Å². The van der Waals surface area contributed by atoms with E-state index in [1.165, 1.54) is 0 Å². The molecule has 1 N–H and O–H groups in total. The summed E-state index contributed by atoms with van der Waals surface area (Å²) in [6, 6.07) is 0. The molecule has 5 heteroatoms. The van der Waals surface area contributed by atoms with Gasteiger partial charge in [-0.2, -0.15) is 0 Å². The summed E-state index contributed by atoms with van der Waals surface area (Å²) in [5, 5.41) is 9.13. The van der Waals surface area contributed by atoms with Crippen LogP contribution in [0.4, 0.5) is 0 Å². The van der Waals surface area contributed by atoms with Crippen LogP contribution in [-0.2, 0) is 15.6 Å². The highest BCUT2D eigenvalue weighted by atomic mass is 32.2. The van der Waals surface area contributed by atoms with E-state index in [1.807, 2.05) is 11.8 Å². The Hall–Kier alpha value is -0.420. The van der Waals surface area contributed by atoms with Crippen molar-refractivity contribution in [1.29, 1.82) is 0 Å². The maximum absolute atomic E-state index is 11.1. The van der Waals surface area contributed by atoms with E-state index in [4.69, 9.17) is 5.11 Å². The van der Waals surface area contributed by atoms with Crippen LogP contribution in [0, 0.1) is 0 Å². The molecule has 0 aromatic rings. The largest absolute Gasteiger partial charge is 0.480 e. The topological polar surface area (TPSA) is 57.6 Å². The van der Waals surface area contributed by atoms with Crippen LogP contribution >= 0.6 is 0 Å². The van der Waals surface area contributed by atoms with Gasteiger partial charge in [0, 0.05) is 35.4 Å². The predicted molar refractivity (Wildman–Crippen MR) is 55.8 cm³/mol. The Balaban J connectivity index is 2.71. The second-order valence-electron chi connectivity index (χ2n) is 3.77. The van der Waals surface area contributed by atoms with Gasteiger partial charge < -0.3 is 5.11 Å². The smallest absolute Gasteiger partial charge is 0.323 e. The first-order valence-electron chi connectivity index (χ1n) is 4.84. The summed E-state index contributed by atoms with van der Waals surface area (Å²) in [5.74, 6) is 0.416. The lowest BCUT2D eigenvalue weighted by Gasteiger charge is -2.39. The zero-order chi connectivity index (χ0) is 10.8. The zero-order valence-electron chi connectivity index (χ0n) is 8.65. The molecule has 0 spiro atoms. The molecule has 0 bridgehead atoms. The standard InChI is InChI=1S/C9H17NO3S/c1-3-9(2,8(11)12)10-4-6-14(13)7-5-10/h3-7H2,1-2H3,(H,11,12). The number of hydrogen-bond donors (Lipinski definition) is 1. The number of carboxylic acid groups (broad SMARTS) is 1. The van der Waals surface area contributed by atoms with Crippen molar-refractivity contribution < 1.29 is 14.1 Å². The molecule has 1 aliphatic heterocycles. The highest BCUT2D eigenvalue weighted by molar-refractivity contribution is 7.85. The van der Waals surface area contributed by atoms with Crippen molar-refractivity contribution >= 4 is 16.8 Å². The van der Waals surface area contributed by atoms with Crippen molar-refractivity contribution in [2.45, 2.75) is 25.8 Å². The van der Waals surface area contributed by atoms with Crippen LogP contribution < -0.4 is 0 Å². The third kappa shape index (κ3) is 2.15. The van der Waals surface area contributed by atoms with E-state index in [0.29, 0.717) is 31.0 Å². The van der Waals surface area contributed by atoms with E-state index >= 15 is 0 Å². The van der Waals surface area contributed by atoms with Gasteiger partial charge in [0.25, 0.3) is 0 Å². The minimum Gasteiger partial charge on any atom is -0.480 e. The summed E-state index contributed by atoms with van der Waals surface area (Å²) in [5.41, 5.74) is -0.787. The Labute approximate surface area is 86.7 Å². The van der Waals surface area contributed by atoms with Gasteiger partial charge in [0.2, 0.25) is 0 Å². The van der Waals surface area contributed by atoms with E-state index < -0.39 is 22.3 Å². The summed E-state index contributed by atoms with van der Waals surface area (Å²) >= 11 is 0. The fourth-order valence-electron chi connectivity index (χ4n) is 1.64. The van der Waals surface area contributed by atoms with E-state index in [9.17, 15) is 9.00 Å². The van der Waals surface area contributed by atoms with Crippen LogP contribution in [0.5, 0.6) is 0 Å². The molecular weight excluding hydrogens is 202 g/mol. The average Bonchev–Trinajstić information content (AvgIpc) is 2.17. The van der Waals surface area contributed by atoms with Crippen molar-refractivity contribution in [3.63, 3.8) is 0 Å².